The average molecular weight is 902 g/mol. The van der Waals surface area contributed by atoms with E-state index in [9.17, 15) is 20.1 Å². The molecule has 12 rings (SSSR count). The molecule has 10 heteroatoms. The quantitative estimate of drug-likeness (QED) is 0.106. The van der Waals surface area contributed by atoms with Crippen molar-refractivity contribution in [2.24, 2.45) is 44.8 Å². The van der Waals surface area contributed by atoms with Crippen LogP contribution in [0.3, 0.4) is 0 Å². The Morgan fingerprint density at radius 2 is 1.74 bits per heavy atom. The van der Waals surface area contributed by atoms with Crippen molar-refractivity contribution in [3.05, 3.63) is 81.7 Å². The number of H-pyrrole nitrogens is 1. The van der Waals surface area contributed by atoms with Crippen LogP contribution in [-0.4, -0.2) is 86.7 Å². The third kappa shape index (κ3) is 6.19. The molecule has 5 N–H and O–H groups in total. The molecule has 5 fully saturated rings. The second-order valence-electron chi connectivity index (χ2n) is 24.5. The van der Waals surface area contributed by atoms with Crippen molar-refractivity contribution in [3.63, 3.8) is 0 Å². The van der Waals surface area contributed by atoms with Crippen molar-refractivity contribution < 1.29 is 34.4 Å². The van der Waals surface area contributed by atoms with Crippen LogP contribution in [0.25, 0.3) is 11.0 Å². The number of nitrogens with zero attached hydrogens (tertiary/aromatic N) is 1. The molecular weight excluding hydrogens is 827 g/mol. The van der Waals surface area contributed by atoms with E-state index in [-0.39, 0.29) is 29.1 Å². The summed E-state index contributed by atoms with van der Waals surface area (Å²) >= 11 is 0. The topological polar surface area (TPSA) is 149 Å². The number of aliphatic hydroxyl groups is 3. The summed E-state index contributed by atoms with van der Waals surface area (Å²) in [5.74, 6) is 0.00517. The maximum Gasteiger partial charge on any atom is 0.160 e. The lowest BCUT2D eigenvalue weighted by molar-refractivity contribution is -0.245. The number of benzene rings is 1. The summed E-state index contributed by atoms with van der Waals surface area (Å²) in [6.07, 6.45) is 16.2. The number of hydrogen-bond donors (Lipinski definition) is 5. The molecule has 1 aromatic carbocycles. The number of aromatic nitrogens is 2. The van der Waals surface area contributed by atoms with Crippen LogP contribution >= 0.6 is 0 Å². The van der Waals surface area contributed by atoms with Crippen LogP contribution in [0.15, 0.2) is 53.9 Å². The van der Waals surface area contributed by atoms with E-state index in [1.165, 1.54) is 5.56 Å². The number of aryl methyl sites for hydroxylation is 2. The molecule has 356 valence electrons. The van der Waals surface area contributed by atoms with E-state index in [4.69, 9.17) is 9.47 Å². The van der Waals surface area contributed by atoms with Crippen molar-refractivity contribution in [1.29, 1.82) is 0 Å². The highest BCUT2D eigenvalue weighted by atomic mass is 16.6. The molecule has 3 aliphatic heterocycles. The lowest BCUT2D eigenvalue weighted by atomic mass is 9.32. The predicted molar refractivity (Wildman–Crippen MR) is 255 cm³/mol. The van der Waals surface area contributed by atoms with Crippen LogP contribution in [0.5, 0.6) is 0 Å². The monoisotopic (exact) mass is 902 g/mol. The lowest BCUT2D eigenvalue weighted by Gasteiger charge is -2.72. The lowest BCUT2D eigenvalue weighted by Crippen LogP contribution is -2.71. The highest BCUT2D eigenvalue weighted by Crippen LogP contribution is 2.80. The Bertz CT molecular complexity index is 2580. The summed E-state index contributed by atoms with van der Waals surface area (Å²) in [5.41, 5.74) is 4.59. The molecule has 2 bridgehead atoms. The standard InChI is InChI=1S/C56H75N3O7/c1-33-24-34(27-37(25-33)55(63)19-22-65-23-20-55)26-36-31-59-32-38-43-44(50(4,28-40(61)47-49(2,3)66-47)15-10-35-30-58-45(36)46(35)59)39(60)29-54(43)13-9-14-56(38,64)48-52(6)16-12-42(62)51(5,18-21-57-8)41(52)11-17-53(48,54)7/h9,14,24-25,27,30-31,38,40-41,47-48,57-58,61,63-64H,10-13,15-23,26,28-29,32H2,1-8H3. The largest absolute Gasteiger partial charge is 0.390 e. The molecule has 10 nitrogen and oxygen atoms in total. The molecule has 9 aliphatic rings. The van der Waals surface area contributed by atoms with Gasteiger partial charge in [0.25, 0.3) is 0 Å². The van der Waals surface area contributed by atoms with Gasteiger partial charge in [-0.15, -0.1) is 0 Å². The van der Waals surface area contributed by atoms with Crippen LogP contribution in [0.2, 0.25) is 0 Å². The summed E-state index contributed by atoms with van der Waals surface area (Å²) in [7, 11) is 1.97. The number of Topliss-reactive ketones (excluding diaryl/α,β-unsaturated/α-hetero) is 2. The van der Waals surface area contributed by atoms with Gasteiger partial charge < -0.3 is 39.7 Å². The van der Waals surface area contributed by atoms with Crippen LogP contribution in [0, 0.1) is 51.8 Å². The molecule has 0 amide bonds. The number of ether oxygens (including phenoxy) is 2. The highest BCUT2D eigenvalue weighted by molar-refractivity contribution is 6.02. The SMILES string of the molecule is CNCCC1(C)C(=O)CCC2(C)C1CCC1(C)C2C2(O)C=CCC13CC(=O)C1=C3C2Cn2cc(Cc3cc(C)cc(C4(O)CCOCC4)c3)c3[nH]cc(c32)CCC1(C)CC(O)C1OC1(C)C. The number of hydrogen-bond acceptors (Lipinski definition) is 8. The van der Waals surface area contributed by atoms with E-state index in [1.807, 2.05) is 20.9 Å². The highest BCUT2D eigenvalue weighted by Gasteiger charge is 2.77. The van der Waals surface area contributed by atoms with E-state index < -0.39 is 50.5 Å². The summed E-state index contributed by atoms with van der Waals surface area (Å²) in [5, 5.41) is 41.7. The predicted octanol–water partition coefficient (Wildman–Crippen LogP) is 8.34. The normalized spacial score (nSPS) is 40.2. The number of aliphatic hydroxyl groups excluding tert-OH is 1. The van der Waals surface area contributed by atoms with Gasteiger partial charge in [-0.05, 0) is 136 Å². The van der Waals surface area contributed by atoms with E-state index in [0.29, 0.717) is 83.3 Å². The van der Waals surface area contributed by atoms with Crippen molar-refractivity contribution in [3.8, 4) is 0 Å². The molecule has 11 unspecified atom stereocenters. The fraction of sp³-hybridized carbons (Fsp3) is 0.679. The number of carbonyl (C=O) groups excluding carboxylic acids is 2. The van der Waals surface area contributed by atoms with Gasteiger partial charge in [-0.1, -0.05) is 63.6 Å². The molecule has 11 atom stereocenters. The van der Waals surface area contributed by atoms with Crippen LogP contribution in [-0.2, 0) is 44.1 Å². The Balaban J connectivity index is 1.09. The second kappa shape index (κ2) is 14.8. The first-order valence-electron chi connectivity index (χ1n) is 25.5. The number of aromatic amines is 1. The van der Waals surface area contributed by atoms with Gasteiger partial charge in [-0.2, -0.15) is 0 Å². The number of epoxide rings is 1. The minimum atomic E-state index is -1.32. The van der Waals surface area contributed by atoms with E-state index in [1.54, 1.807) is 0 Å². The number of allylic oxidation sites excluding steroid dienone is 2. The minimum Gasteiger partial charge on any atom is -0.390 e. The molecule has 1 spiro atoms. The first-order chi connectivity index (χ1) is 31.2. The van der Waals surface area contributed by atoms with Gasteiger partial charge in [0.15, 0.2) is 5.78 Å². The zero-order chi connectivity index (χ0) is 46.6. The van der Waals surface area contributed by atoms with Gasteiger partial charge in [-0.25, -0.2) is 0 Å². The van der Waals surface area contributed by atoms with Crippen molar-refractivity contribution in [1.82, 2.24) is 14.9 Å². The zero-order valence-corrected chi connectivity index (χ0v) is 40.9. The van der Waals surface area contributed by atoms with E-state index in [2.05, 4.69) is 92.2 Å². The van der Waals surface area contributed by atoms with Crippen LogP contribution in [0.1, 0.15) is 140 Å². The summed E-state index contributed by atoms with van der Waals surface area (Å²) in [4.78, 5) is 33.5. The van der Waals surface area contributed by atoms with Gasteiger partial charge >= 0.3 is 0 Å². The molecule has 6 aliphatic carbocycles. The third-order valence-electron chi connectivity index (χ3n) is 20.3. The second-order valence-corrected chi connectivity index (χ2v) is 24.5. The van der Waals surface area contributed by atoms with Gasteiger partial charge in [0.2, 0.25) is 0 Å². The molecule has 0 radical (unpaired) electrons. The number of fused-ring (bicyclic) bond motifs is 2. The van der Waals surface area contributed by atoms with Crippen molar-refractivity contribution in [2.75, 3.05) is 26.8 Å². The molecule has 2 saturated heterocycles. The van der Waals surface area contributed by atoms with E-state index in [0.717, 1.165) is 76.7 Å². The molecule has 3 saturated carbocycles. The molecule has 66 heavy (non-hydrogen) atoms. The first kappa shape index (κ1) is 45.1. The Labute approximate surface area is 391 Å². The molecule has 3 aromatic rings. The van der Waals surface area contributed by atoms with Gasteiger partial charge in [0, 0.05) is 92.5 Å². The maximum absolute atomic E-state index is 15.6. The van der Waals surface area contributed by atoms with Gasteiger partial charge in [0.1, 0.15) is 11.9 Å². The summed E-state index contributed by atoms with van der Waals surface area (Å²) < 4.78 is 14.1. The van der Waals surface area contributed by atoms with Crippen LogP contribution < -0.4 is 5.32 Å². The molecule has 2 aromatic heterocycles. The fourth-order valence-corrected chi connectivity index (χ4v) is 17.2. The number of ketones is 2. The third-order valence-corrected chi connectivity index (χ3v) is 20.3. The number of nitrogens with one attached hydrogen (secondary N) is 2. The maximum atomic E-state index is 15.6. The van der Waals surface area contributed by atoms with E-state index >= 15 is 4.79 Å². The van der Waals surface area contributed by atoms with Gasteiger partial charge in [0.05, 0.1) is 33.9 Å². The van der Waals surface area contributed by atoms with Crippen molar-refractivity contribution in [2.45, 2.75) is 167 Å². The summed E-state index contributed by atoms with van der Waals surface area (Å²) in [6, 6.07) is 6.54. The number of rotatable bonds is 9. The van der Waals surface area contributed by atoms with Crippen LogP contribution in [0.4, 0.5) is 0 Å². The van der Waals surface area contributed by atoms with Crippen molar-refractivity contribution >= 4 is 22.6 Å². The summed E-state index contributed by atoms with van der Waals surface area (Å²) in [6.45, 7) is 17.8. The number of carbonyl (C=O) groups is 2. The Morgan fingerprint density at radius 1 is 0.985 bits per heavy atom. The van der Waals surface area contributed by atoms with Gasteiger partial charge in [-0.3, -0.25) is 9.59 Å². The average Bonchev–Trinajstić information content (AvgIpc) is 3.48. The fourth-order valence-electron chi connectivity index (χ4n) is 17.2. The first-order valence-corrected chi connectivity index (χ1v) is 25.5. The molecule has 5 heterocycles. The Hall–Kier alpha value is -3.38. The Morgan fingerprint density at radius 3 is 2.47 bits per heavy atom. The molecular formula is C56H75N3O7. The Kier molecular flexibility index (Phi) is 10.1. The minimum absolute atomic E-state index is 0.0938. The zero-order valence-electron chi connectivity index (χ0n) is 40.9. The smallest absolute Gasteiger partial charge is 0.160 e.